The summed E-state index contributed by atoms with van der Waals surface area (Å²) in [4.78, 5) is 0.334. The summed E-state index contributed by atoms with van der Waals surface area (Å²) in [6.07, 6.45) is 3.85. The molecule has 178 valence electrons. The fraction of sp³-hybridized carbons (Fsp3) is 0.682. The molecule has 1 spiro atoms. The molecule has 6 nitrogen and oxygen atoms in total. The number of hydrogen-bond acceptors (Lipinski definition) is 8. The Morgan fingerprint density at radius 2 is 1.81 bits per heavy atom. The van der Waals surface area contributed by atoms with Crippen molar-refractivity contribution in [3.05, 3.63) is 30.3 Å². The van der Waals surface area contributed by atoms with Crippen molar-refractivity contribution >= 4 is 40.0 Å². The van der Waals surface area contributed by atoms with Crippen LogP contribution in [0.5, 0.6) is 0 Å². The summed E-state index contributed by atoms with van der Waals surface area (Å²) < 4.78 is 41.4. The van der Waals surface area contributed by atoms with Crippen molar-refractivity contribution in [2.45, 2.75) is 92.2 Å². The van der Waals surface area contributed by atoms with Crippen LogP contribution in [0.1, 0.15) is 59.8 Å². The van der Waals surface area contributed by atoms with Crippen LogP contribution in [0.25, 0.3) is 0 Å². The molecular formula is C22H33N2O4PS3. The number of benzene rings is 1. The van der Waals surface area contributed by atoms with Crippen LogP contribution in [0, 0.1) is 11.3 Å². The molecule has 0 radical (unpaired) electrons. The molecule has 1 aliphatic heterocycles. The first-order valence-electron chi connectivity index (χ1n) is 11.1. The monoisotopic (exact) mass is 516 g/mol. The minimum absolute atomic E-state index is 0.161. The van der Waals surface area contributed by atoms with Gasteiger partial charge in [0, 0.05) is 12.1 Å². The average Bonchev–Trinajstić information content (AvgIpc) is 3.36. The molecule has 0 N–H and O–H groups in total. The average molecular weight is 517 g/mol. The van der Waals surface area contributed by atoms with E-state index in [2.05, 4.69) is 38.4 Å². The predicted octanol–water partition coefficient (Wildman–Crippen LogP) is 6.16. The van der Waals surface area contributed by atoms with Gasteiger partial charge in [-0.05, 0) is 52.7 Å². The zero-order valence-corrected chi connectivity index (χ0v) is 22.5. The molecule has 0 bridgehead atoms. The van der Waals surface area contributed by atoms with Crippen molar-refractivity contribution in [1.82, 2.24) is 4.67 Å². The van der Waals surface area contributed by atoms with Gasteiger partial charge in [-0.1, -0.05) is 52.6 Å². The van der Waals surface area contributed by atoms with Gasteiger partial charge in [0.25, 0.3) is 8.53 Å². The summed E-state index contributed by atoms with van der Waals surface area (Å²) in [6.45, 7) is 8.64. The summed E-state index contributed by atoms with van der Waals surface area (Å²) in [5, 5.41) is 9.00. The van der Waals surface area contributed by atoms with Crippen molar-refractivity contribution in [1.29, 1.82) is 5.26 Å². The number of nitriles is 1. The van der Waals surface area contributed by atoms with E-state index in [0.717, 1.165) is 25.7 Å². The Morgan fingerprint density at radius 1 is 1.19 bits per heavy atom. The van der Waals surface area contributed by atoms with E-state index in [4.69, 9.17) is 14.3 Å². The molecule has 32 heavy (non-hydrogen) atoms. The predicted molar refractivity (Wildman–Crippen MR) is 134 cm³/mol. The molecule has 3 atom stereocenters. The smallest absolute Gasteiger partial charge is 0.259 e. The van der Waals surface area contributed by atoms with Gasteiger partial charge in [-0.25, -0.2) is 13.1 Å². The fourth-order valence-electron chi connectivity index (χ4n) is 4.33. The van der Waals surface area contributed by atoms with E-state index in [0.29, 0.717) is 4.90 Å². The van der Waals surface area contributed by atoms with Crippen molar-refractivity contribution < 1.29 is 17.5 Å². The van der Waals surface area contributed by atoms with Gasteiger partial charge in [-0.15, -0.1) is 0 Å². The zero-order valence-electron chi connectivity index (χ0n) is 19.1. The van der Waals surface area contributed by atoms with Crippen molar-refractivity contribution in [2.24, 2.45) is 0 Å². The van der Waals surface area contributed by atoms with E-state index in [1.807, 2.05) is 6.07 Å². The Hall–Kier alpha value is -0.330. The summed E-state index contributed by atoms with van der Waals surface area (Å²) in [5.74, 6) is 0. The second kappa shape index (κ2) is 11.4. The van der Waals surface area contributed by atoms with Crippen LogP contribution in [-0.2, 0) is 18.9 Å². The molecule has 1 aliphatic carbocycles. The van der Waals surface area contributed by atoms with E-state index >= 15 is 0 Å². The third-order valence-electron chi connectivity index (χ3n) is 5.77. The number of nitrogens with zero attached hydrogens (tertiary/aromatic N) is 2. The van der Waals surface area contributed by atoms with Crippen molar-refractivity contribution in [3.8, 4) is 6.07 Å². The summed E-state index contributed by atoms with van der Waals surface area (Å²) in [5.41, 5.74) is 0. The largest absolute Gasteiger partial charge is 0.321 e. The van der Waals surface area contributed by atoms with Crippen LogP contribution >= 0.6 is 30.1 Å². The van der Waals surface area contributed by atoms with Crippen molar-refractivity contribution in [3.63, 3.8) is 0 Å². The van der Waals surface area contributed by atoms with Gasteiger partial charge in [0.15, 0.2) is 9.84 Å². The van der Waals surface area contributed by atoms with Gasteiger partial charge in [0.1, 0.15) is 10.7 Å². The number of rotatable bonds is 10. The summed E-state index contributed by atoms with van der Waals surface area (Å²) >= 11 is 0. The van der Waals surface area contributed by atoms with Crippen LogP contribution in [0.3, 0.4) is 0 Å². The normalized spacial score (nSPS) is 23.9. The van der Waals surface area contributed by atoms with E-state index in [9.17, 15) is 8.42 Å². The highest BCUT2D eigenvalue weighted by molar-refractivity contribution is 8.79. The Kier molecular flexibility index (Phi) is 9.36. The second-order valence-electron chi connectivity index (χ2n) is 8.75. The lowest BCUT2D eigenvalue weighted by Gasteiger charge is -2.40. The molecule has 1 aromatic carbocycles. The van der Waals surface area contributed by atoms with Gasteiger partial charge in [-0.3, -0.25) is 0 Å². The molecule has 3 unspecified atom stereocenters. The maximum Gasteiger partial charge on any atom is 0.259 e. The van der Waals surface area contributed by atoms with E-state index in [-0.39, 0.29) is 29.9 Å². The van der Waals surface area contributed by atoms with E-state index in [1.165, 1.54) is 10.8 Å². The first kappa shape index (κ1) is 26.3. The highest BCUT2D eigenvalue weighted by atomic mass is 33.1. The third kappa shape index (κ3) is 5.66. The molecule has 3 rings (SSSR count). The van der Waals surface area contributed by atoms with E-state index in [1.54, 1.807) is 35.1 Å². The first-order valence-corrected chi connectivity index (χ1v) is 16.0. The van der Waals surface area contributed by atoms with Gasteiger partial charge in [0.2, 0.25) is 0 Å². The molecule has 2 fully saturated rings. The molecule has 2 aliphatic rings. The summed E-state index contributed by atoms with van der Waals surface area (Å²) in [7, 11) is -1.99. The molecule has 0 amide bonds. The van der Waals surface area contributed by atoms with Crippen molar-refractivity contribution in [2.75, 3.05) is 6.61 Å². The molecule has 1 aromatic rings. The highest BCUT2D eigenvalue weighted by Gasteiger charge is 2.58. The lowest BCUT2D eigenvalue weighted by atomic mass is 10.0. The molecular weight excluding hydrogens is 483 g/mol. The Morgan fingerprint density at radius 3 is 2.38 bits per heavy atom. The lowest BCUT2D eigenvalue weighted by molar-refractivity contribution is 0.117. The first-order chi connectivity index (χ1) is 15.2. The van der Waals surface area contributed by atoms with Crippen LogP contribution in [-0.4, -0.2) is 47.2 Å². The quantitative estimate of drug-likeness (QED) is 0.208. The van der Waals surface area contributed by atoms with Crippen LogP contribution in [0.4, 0.5) is 0 Å². The number of sulfone groups is 1. The minimum Gasteiger partial charge on any atom is -0.321 e. The van der Waals surface area contributed by atoms with Gasteiger partial charge in [-0.2, -0.15) is 5.26 Å². The SMILES string of the molecule is CC(C)N(C(C)C)P(OCCC#N)OC1C(S(=O)(=O)c2ccccc2)SSC12CCCC2. The minimum atomic E-state index is -3.59. The fourth-order valence-corrected chi connectivity index (χ4v) is 13.4. The Labute approximate surface area is 202 Å². The zero-order chi connectivity index (χ0) is 23.4. The molecule has 0 aromatic heterocycles. The molecule has 1 heterocycles. The number of hydrogen-bond donors (Lipinski definition) is 0. The molecule has 1 saturated heterocycles. The molecule has 10 heteroatoms. The van der Waals surface area contributed by atoms with E-state index < -0.39 is 29.0 Å². The molecule has 1 saturated carbocycles. The summed E-state index contributed by atoms with van der Waals surface area (Å²) in [6, 6.07) is 11.1. The Balaban J connectivity index is 1.96. The Bertz CT molecular complexity index is 878. The van der Waals surface area contributed by atoms with Gasteiger partial charge >= 0.3 is 0 Å². The lowest BCUT2D eigenvalue weighted by Crippen LogP contribution is -2.44. The maximum absolute atomic E-state index is 13.7. The third-order valence-corrected chi connectivity index (χ3v) is 14.5. The van der Waals surface area contributed by atoms with Crippen LogP contribution < -0.4 is 0 Å². The maximum atomic E-state index is 13.7. The van der Waals surface area contributed by atoms with Gasteiger partial charge < -0.3 is 9.05 Å². The standard InChI is InChI=1S/C22H33N2O4PS3/c1-17(2)24(18(3)4)29(27-16-10-15-23)28-20-21(30-31-22(20)13-8-9-14-22)32(25,26)19-11-6-5-7-12-19/h5-7,11-12,17-18,20-21H,8-10,13-14,16H2,1-4H3. The van der Waals surface area contributed by atoms with Crippen LogP contribution in [0.15, 0.2) is 35.2 Å². The highest BCUT2D eigenvalue weighted by Crippen LogP contribution is 2.64. The van der Waals surface area contributed by atoms with Crippen LogP contribution in [0.2, 0.25) is 0 Å². The topological polar surface area (TPSA) is 79.6 Å². The van der Waals surface area contributed by atoms with Gasteiger partial charge in [0.05, 0.1) is 28.7 Å². The second-order valence-corrected chi connectivity index (χ2v) is 15.3.